The Morgan fingerprint density at radius 3 is 2.49 bits per heavy atom. The minimum atomic E-state index is -1.01. The lowest BCUT2D eigenvalue weighted by atomic mass is 9.83. The number of hydrogen-bond donors (Lipinski definition) is 3. The minimum Gasteiger partial charge on any atom is -0.460 e. The lowest BCUT2D eigenvalue weighted by Crippen LogP contribution is -2.29. The summed E-state index contributed by atoms with van der Waals surface area (Å²) >= 11 is 0. The second-order valence-corrected chi connectivity index (χ2v) is 10.4. The molecule has 186 valence electrons. The molecule has 2 aromatic carbocycles. The largest absolute Gasteiger partial charge is 0.460 e. The molecule has 0 radical (unpaired) electrons. The zero-order valence-corrected chi connectivity index (χ0v) is 20.5. The standard InChI is InChI=1S/C29H34FNO4/c1-29(2,3)35-26(34)17-22(33)16-21(32)14-15-24-27(18-10-12-20(30)13-11-18)23-6-4-5-7-25(23)31-28(24)19-8-9-19/h4-7,10-15,19,21-22,28,31-33H,8-9,16-17H2,1-3H3/b15-14+. The molecule has 3 unspecified atom stereocenters. The van der Waals surface area contributed by atoms with Crippen LogP contribution in [0.15, 0.2) is 66.3 Å². The predicted octanol–water partition coefficient (Wildman–Crippen LogP) is 5.23. The summed E-state index contributed by atoms with van der Waals surface area (Å²) in [5.74, 6) is -0.306. The maximum Gasteiger partial charge on any atom is 0.308 e. The molecule has 2 aliphatic rings. The van der Waals surface area contributed by atoms with E-state index in [-0.39, 0.29) is 24.7 Å². The molecule has 1 aliphatic heterocycles. The van der Waals surface area contributed by atoms with Crippen LogP contribution in [0.25, 0.3) is 5.57 Å². The van der Waals surface area contributed by atoms with E-state index in [9.17, 15) is 19.4 Å². The Hall–Kier alpha value is -2.96. The number of aliphatic hydroxyl groups is 2. The van der Waals surface area contributed by atoms with Crippen molar-refractivity contribution in [2.45, 2.75) is 70.3 Å². The first kappa shape index (κ1) is 25.1. The van der Waals surface area contributed by atoms with Gasteiger partial charge in [0, 0.05) is 17.7 Å². The highest BCUT2D eigenvalue weighted by atomic mass is 19.1. The van der Waals surface area contributed by atoms with Gasteiger partial charge in [0.05, 0.1) is 24.7 Å². The number of carbonyl (C=O) groups is 1. The number of carbonyl (C=O) groups excluding carboxylic acids is 1. The molecule has 1 heterocycles. The second kappa shape index (κ2) is 10.3. The van der Waals surface area contributed by atoms with Gasteiger partial charge in [-0.3, -0.25) is 4.79 Å². The van der Waals surface area contributed by atoms with Crippen LogP contribution in [0.4, 0.5) is 10.1 Å². The fourth-order valence-corrected chi connectivity index (χ4v) is 4.54. The molecule has 0 saturated heterocycles. The van der Waals surface area contributed by atoms with Gasteiger partial charge in [0.15, 0.2) is 0 Å². The average Bonchev–Trinajstić information content (AvgIpc) is 3.61. The number of rotatable bonds is 8. The van der Waals surface area contributed by atoms with Crippen LogP contribution in [0.5, 0.6) is 0 Å². The molecule has 0 spiro atoms. The van der Waals surface area contributed by atoms with Gasteiger partial charge in [-0.15, -0.1) is 0 Å². The Balaban J connectivity index is 1.60. The van der Waals surface area contributed by atoms with Gasteiger partial charge in [0.2, 0.25) is 0 Å². The molecule has 0 bridgehead atoms. The molecule has 1 fully saturated rings. The summed E-state index contributed by atoms with van der Waals surface area (Å²) in [6, 6.07) is 14.6. The summed E-state index contributed by atoms with van der Waals surface area (Å²) in [6.07, 6.45) is 3.71. The number of para-hydroxylation sites is 1. The highest BCUT2D eigenvalue weighted by molar-refractivity contribution is 5.92. The van der Waals surface area contributed by atoms with E-state index in [0.29, 0.717) is 5.92 Å². The average molecular weight is 480 g/mol. The zero-order valence-electron chi connectivity index (χ0n) is 20.5. The number of ether oxygens (including phenoxy) is 1. The molecule has 5 nitrogen and oxygen atoms in total. The summed E-state index contributed by atoms with van der Waals surface area (Å²) in [7, 11) is 0. The lowest BCUT2D eigenvalue weighted by molar-refractivity contribution is -0.157. The van der Waals surface area contributed by atoms with Crippen molar-refractivity contribution in [3.8, 4) is 0 Å². The molecule has 3 atom stereocenters. The van der Waals surface area contributed by atoms with E-state index in [1.807, 2.05) is 24.3 Å². The Morgan fingerprint density at radius 2 is 1.83 bits per heavy atom. The fraction of sp³-hybridized carbons (Fsp3) is 0.414. The molecule has 4 rings (SSSR count). The quantitative estimate of drug-likeness (QED) is 0.452. The van der Waals surface area contributed by atoms with E-state index < -0.39 is 23.8 Å². The van der Waals surface area contributed by atoms with E-state index in [2.05, 4.69) is 11.4 Å². The van der Waals surface area contributed by atoms with Crippen molar-refractivity contribution in [3.63, 3.8) is 0 Å². The Kier molecular flexibility index (Phi) is 7.43. The topological polar surface area (TPSA) is 78.8 Å². The van der Waals surface area contributed by atoms with Crippen molar-refractivity contribution in [2.75, 3.05) is 5.32 Å². The summed E-state index contributed by atoms with van der Waals surface area (Å²) < 4.78 is 18.9. The Bertz CT molecular complexity index is 1110. The highest BCUT2D eigenvalue weighted by Gasteiger charge is 2.37. The molecule has 3 N–H and O–H groups in total. The van der Waals surface area contributed by atoms with Crippen LogP contribution in [-0.2, 0) is 9.53 Å². The van der Waals surface area contributed by atoms with Gasteiger partial charge in [-0.05, 0) is 74.4 Å². The van der Waals surface area contributed by atoms with E-state index in [4.69, 9.17) is 4.74 Å². The third kappa shape index (κ3) is 6.59. The number of halogens is 1. The van der Waals surface area contributed by atoms with E-state index in [0.717, 1.165) is 40.8 Å². The molecule has 2 aromatic rings. The van der Waals surface area contributed by atoms with Crippen LogP contribution in [0.2, 0.25) is 0 Å². The third-order valence-electron chi connectivity index (χ3n) is 6.19. The van der Waals surface area contributed by atoms with Crippen LogP contribution in [0.1, 0.15) is 57.6 Å². The maximum atomic E-state index is 13.7. The van der Waals surface area contributed by atoms with Crippen LogP contribution >= 0.6 is 0 Å². The van der Waals surface area contributed by atoms with Crippen LogP contribution in [-0.4, -0.2) is 40.0 Å². The molecule has 1 saturated carbocycles. The number of aliphatic hydroxyl groups excluding tert-OH is 2. The van der Waals surface area contributed by atoms with Gasteiger partial charge >= 0.3 is 5.97 Å². The SMILES string of the molecule is CC(C)(C)OC(=O)CC(O)CC(O)/C=C/C1=C(c2ccc(F)cc2)c2ccccc2NC1C1CC1. The first-order chi connectivity index (χ1) is 16.6. The van der Waals surface area contributed by atoms with Crippen molar-refractivity contribution in [1.29, 1.82) is 0 Å². The molecule has 1 aliphatic carbocycles. The summed E-state index contributed by atoms with van der Waals surface area (Å²) in [4.78, 5) is 12.0. The lowest BCUT2D eigenvalue weighted by Gasteiger charge is -2.32. The van der Waals surface area contributed by atoms with Gasteiger partial charge in [0.25, 0.3) is 0 Å². The van der Waals surface area contributed by atoms with Gasteiger partial charge < -0.3 is 20.3 Å². The van der Waals surface area contributed by atoms with Gasteiger partial charge in [-0.2, -0.15) is 0 Å². The summed E-state index contributed by atoms with van der Waals surface area (Å²) in [5, 5.41) is 24.6. The number of fused-ring (bicyclic) bond motifs is 1. The molecular formula is C29H34FNO4. The number of esters is 1. The first-order valence-corrected chi connectivity index (χ1v) is 12.2. The first-order valence-electron chi connectivity index (χ1n) is 12.2. The number of anilines is 1. The van der Waals surface area contributed by atoms with Gasteiger partial charge in [0.1, 0.15) is 11.4 Å². The third-order valence-corrected chi connectivity index (χ3v) is 6.19. The molecule has 6 heteroatoms. The van der Waals surface area contributed by atoms with Crippen molar-refractivity contribution in [3.05, 3.63) is 83.2 Å². The fourth-order valence-electron chi connectivity index (χ4n) is 4.54. The van der Waals surface area contributed by atoms with Crippen LogP contribution < -0.4 is 5.32 Å². The molecule has 0 aromatic heterocycles. The maximum absolute atomic E-state index is 13.7. The summed E-state index contributed by atoms with van der Waals surface area (Å²) in [5.41, 5.74) is 4.38. The predicted molar refractivity (Wildman–Crippen MR) is 135 cm³/mol. The monoisotopic (exact) mass is 479 g/mol. The normalized spacial score (nSPS) is 19.8. The Morgan fingerprint density at radius 1 is 1.14 bits per heavy atom. The Labute approximate surface area is 206 Å². The minimum absolute atomic E-state index is 0.0208. The van der Waals surface area contributed by atoms with Crippen molar-refractivity contribution in [1.82, 2.24) is 0 Å². The smallest absolute Gasteiger partial charge is 0.308 e. The van der Waals surface area contributed by atoms with Gasteiger partial charge in [-0.25, -0.2) is 4.39 Å². The number of nitrogens with one attached hydrogen (secondary N) is 1. The van der Waals surface area contributed by atoms with Crippen molar-refractivity contribution < 1.29 is 24.1 Å². The van der Waals surface area contributed by atoms with E-state index >= 15 is 0 Å². The van der Waals surface area contributed by atoms with Crippen LogP contribution in [0, 0.1) is 11.7 Å². The van der Waals surface area contributed by atoms with Crippen molar-refractivity contribution >= 4 is 17.2 Å². The molecular weight excluding hydrogens is 445 g/mol. The summed E-state index contributed by atoms with van der Waals surface area (Å²) in [6.45, 7) is 5.32. The highest BCUT2D eigenvalue weighted by Crippen LogP contribution is 2.46. The van der Waals surface area contributed by atoms with Crippen LogP contribution in [0.3, 0.4) is 0 Å². The number of benzene rings is 2. The van der Waals surface area contributed by atoms with E-state index in [1.54, 1.807) is 39.0 Å². The number of hydrogen-bond acceptors (Lipinski definition) is 5. The van der Waals surface area contributed by atoms with Crippen molar-refractivity contribution in [2.24, 2.45) is 5.92 Å². The molecule has 35 heavy (non-hydrogen) atoms. The van der Waals surface area contributed by atoms with E-state index in [1.165, 1.54) is 12.1 Å². The second-order valence-electron chi connectivity index (χ2n) is 10.4. The zero-order chi connectivity index (χ0) is 25.2. The molecule has 0 amide bonds. The van der Waals surface area contributed by atoms with Gasteiger partial charge in [-0.1, -0.05) is 42.5 Å².